The maximum Gasteiger partial charge on any atom is 0.230 e. The third kappa shape index (κ3) is 3.50. The van der Waals surface area contributed by atoms with Gasteiger partial charge in [-0.3, -0.25) is 9.59 Å². The Labute approximate surface area is 186 Å². The fraction of sp³-hybridized carbons (Fsp3) is 0.417. The van der Waals surface area contributed by atoms with Crippen LogP contribution in [-0.2, 0) is 19.4 Å². The van der Waals surface area contributed by atoms with Crippen molar-refractivity contribution in [1.29, 1.82) is 0 Å². The van der Waals surface area contributed by atoms with Crippen LogP contribution in [0.15, 0.2) is 41.3 Å². The summed E-state index contributed by atoms with van der Waals surface area (Å²) < 4.78 is 39.8. The van der Waals surface area contributed by atoms with Gasteiger partial charge < -0.3 is 9.80 Å². The van der Waals surface area contributed by atoms with Gasteiger partial charge in [-0.15, -0.1) is 0 Å². The highest BCUT2D eigenvalue weighted by Crippen LogP contribution is 2.43. The Balaban J connectivity index is 1.61. The molecule has 0 aromatic heterocycles. The summed E-state index contributed by atoms with van der Waals surface area (Å²) >= 11 is 0. The van der Waals surface area contributed by atoms with Gasteiger partial charge in [0.15, 0.2) is 9.84 Å². The number of hydrogen-bond acceptors (Lipinski definition) is 4. The minimum absolute atomic E-state index is 0.0173. The van der Waals surface area contributed by atoms with Gasteiger partial charge in [-0.25, -0.2) is 12.8 Å². The van der Waals surface area contributed by atoms with E-state index in [4.69, 9.17) is 0 Å². The zero-order valence-electron chi connectivity index (χ0n) is 18.0. The molecule has 0 unspecified atom stereocenters. The molecule has 0 spiro atoms. The van der Waals surface area contributed by atoms with Gasteiger partial charge in [0, 0.05) is 19.4 Å². The third-order valence-electron chi connectivity index (χ3n) is 6.48. The second-order valence-electron chi connectivity index (χ2n) is 9.05. The number of benzene rings is 2. The number of hydrogen-bond donors (Lipinski definition) is 0. The highest BCUT2D eigenvalue weighted by atomic mass is 32.2. The molecule has 6 nitrogen and oxygen atoms in total. The van der Waals surface area contributed by atoms with Gasteiger partial charge in [0.2, 0.25) is 11.8 Å². The van der Waals surface area contributed by atoms with Gasteiger partial charge in [-0.1, -0.05) is 12.1 Å². The Hall–Kier alpha value is -2.74. The van der Waals surface area contributed by atoms with Gasteiger partial charge in [0.1, 0.15) is 10.7 Å². The summed E-state index contributed by atoms with van der Waals surface area (Å²) in [6.07, 6.45) is 2.86. The zero-order valence-corrected chi connectivity index (χ0v) is 18.9. The molecule has 2 amide bonds. The van der Waals surface area contributed by atoms with Crippen molar-refractivity contribution in [2.45, 2.75) is 55.7 Å². The molecular weight excluding hydrogens is 431 g/mol. The number of halogens is 1. The molecule has 5 rings (SSSR count). The first-order valence-electron chi connectivity index (χ1n) is 11.0. The summed E-state index contributed by atoms with van der Waals surface area (Å²) in [5.41, 5.74) is 2.51. The van der Waals surface area contributed by atoms with Crippen LogP contribution in [0.25, 0.3) is 11.1 Å². The van der Waals surface area contributed by atoms with E-state index in [2.05, 4.69) is 0 Å². The van der Waals surface area contributed by atoms with E-state index in [1.807, 2.05) is 6.92 Å². The van der Waals surface area contributed by atoms with Crippen LogP contribution < -0.4 is 9.80 Å². The fourth-order valence-corrected chi connectivity index (χ4v) is 6.25. The molecule has 2 aromatic carbocycles. The van der Waals surface area contributed by atoms with Gasteiger partial charge in [-0.2, -0.15) is 0 Å². The molecule has 0 N–H and O–H groups in total. The summed E-state index contributed by atoms with van der Waals surface area (Å²) in [4.78, 5) is 28.5. The van der Waals surface area contributed by atoms with Crippen LogP contribution in [0.2, 0.25) is 0 Å². The Bertz CT molecular complexity index is 1230. The molecule has 0 radical (unpaired) electrons. The summed E-state index contributed by atoms with van der Waals surface area (Å²) in [6, 6.07) is 9.32. The van der Waals surface area contributed by atoms with Crippen LogP contribution >= 0.6 is 0 Å². The minimum Gasteiger partial charge on any atom is -0.308 e. The van der Waals surface area contributed by atoms with Crippen molar-refractivity contribution in [3.8, 4) is 11.1 Å². The van der Waals surface area contributed by atoms with Crippen molar-refractivity contribution in [3.05, 3.63) is 42.2 Å². The van der Waals surface area contributed by atoms with E-state index in [9.17, 15) is 22.4 Å². The quantitative estimate of drug-likeness (QED) is 0.699. The molecule has 2 saturated carbocycles. The van der Waals surface area contributed by atoms with Crippen molar-refractivity contribution in [1.82, 2.24) is 0 Å². The van der Waals surface area contributed by atoms with Crippen LogP contribution in [0.4, 0.5) is 15.8 Å². The topological polar surface area (TPSA) is 74.8 Å². The number of rotatable bonds is 4. The van der Waals surface area contributed by atoms with E-state index in [0.29, 0.717) is 41.9 Å². The largest absolute Gasteiger partial charge is 0.308 e. The highest BCUT2D eigenvalue weighted by Gasteiger charge is 2.40. The number of fused-ring (bicyclic) bond motifs is 1. The number of sulfone groups is 1. The smallest absolute Gasteiger partial charge is 0.230 e. The Kier molecular flexibility index (Phi) is 4.89. The van der Waals surface area contributed by atoms with Crippen LogP contribution in [-0.4, -0.2) is 38.1 Å². The molecule has 32 heavy (non-hydrogen) atoms. The van der Waals surface area contributed by atoms with Crippen molar-refractivity contribution in [2.24, 2.45) is 5.92 Å². The Morgan fingerprint density at radius 2 is 1.62 bits per heavy atom. The van der Waals surface area contributed by atoms with Gasteiger partial charge in [0.05, 0.1) is 22.7 Å². The molecule has 3 aliphatic rings. The van der Waals surface area contributed by atoms with E-state index in [1.165, 1.54) is 19.1 Å². The fourth-order valence-electron chi connectivity index (χ4n) is 4.50. The molecule has 168 valence electrons. The number of carbonyl (C=O) groups is 2. The average Bonchev–Trinajstić information content (AvgIpc) is 3.64. The molecule has 8 heteroatoms. The lowest BCUT2D eigenvalue weighted by atomic mass is 10.00. The summed E-state index contributed by atoms with van der Waals surface area (Å²) in [7, 11) is -3.69. The molecule has 2 aliphatic carbocycles. The molecule has 1 atom stereocenters. The van der Waals surface area contributed by atoms with Crippen molar-refractivity contribution in [2.75, 3.05) is 16.3 Å². The number of nitrogens with zero attached hydrogens (tertiary/aromatic N) is 2. The minimum atomic E-state index is -3.69. The summed E-state index contributed by atoms with van der Waals surface area (Å²) in [6.45, 7) is 3.82. The van der Waals surface area contributed by atoms with E-state index in [1.54, 1.807) is 34.1 Å². The summed E-state index contributed by atoms with van der Waals surface area (Å²) in [5, 5.41) is -0.506. The lowest BCUT2D eigenvalue weighted by Crippen LogP contribution is -2.51. The average molecular weight is 457 g/mol. The van der Waals surface area contributed by atoms with Crippen molar-refractivity contribution >= 4 is 33.0 Å². The van der Waals surface area contributed by atoms with E-state index >= 15 is 0 Å². The molecule has 0 bridgehead atoms. The first-order chi connectivity index (χ1) is 15.2. The lowest BCUT2D eigenvalue weighted by molar-refractivity contribution is -0.120. The zero-order chi connectivity index (χ0) is 22.8. The number of anilines is 2. The van der Waals surface area contributed by atoms with E-state index in [0.717, 1.165) is 12.8 Å². The second-order valence-corrected chi connectivity index (χ2v) is 11.3. The Morgan fingerprint density at radius 3 is 2.25 bits per heavy atom. The Morgan fingerprint density at radius 1 is 0.969 bits per heavy atom. The van der Waals surface area contributed by atoms with E-state index < -0.39 is 20.9 Å². The monoisotopic (exact) mass is 456 g/mol. The second kappa shape index (κ2) is 7.40. The van der Waals surface area contributed by atoms with Gasteiger partial charge in [-0.05, 0) is 68.0 Å². The third-order valence-corrected chi connectivity index (χ3v) is 8.75. The molecule has 1 heterocycles. The molecule has 2 aromatic rings. The molecule has 2 fully saturated rings. The van der Waals surface area contributed by atoms with Crippen molar-refractivity contribution in [3.63, 3.8) is 0 Å². The van der Waals surface area contributed by atoms with Crippen molar-refractivity contribution < 1.29 is 22.4 Å². The SMILES string of the molecule is CC(=O)N1c2ccc(-c3ccc(F)c(S(=O)(=O)C4CC4)c3)cc2N(C(=O)C2CC2)C[C@@H]1C. The molecule has 0 saturated heterocycles. The van der Waals surface area contributed by atoms with E-state index in [-0.39, 0.29) is 28.7 Å². The maximum absolute atomic E-state index is 14.4. The van der Waals surface area contributed by atoms with Gasteiger partial charge in [0.25, 0.3) is 0 Å². The number of carbonyl (C=O) groups excluding carboxylic acids is 2. The predicted molar refractivity (Wildman–Crippen MR) is 120 cm³/mol. The lowest BCUT2D eigenvalue weighted by Gasteiger charge is -2.41. The van der Waals surface area contributed by atoms with Crippen LogP contribution in [0.3, 0.4) is 0 Å². The molecule has 1 aliphatic heterocycles. The van der Waals surface area contributed by atoms with Crippen LogP contribution in [0.5, 0.6) is 0 Å². The predicted octanol–water partition coefficient (Wildman–Crippen LogP) is 3.93. The van der Waals surface area contributed by atoms with Gasteiger partial charge >= 0.3 is 0 Å². The standard InChI is InChI=1S/C24H25FN2O4S/c1-14-13-26(24(29)16-3-4-16)22-11-17(6-10-21(22)27(14)15(2)28)18-5-9-20(25)23(12-18)32(30,31)19-7-8-19/h5-6,9-12,14,16,19H,3-4,7-8,13H2,1-2H3/t14-/m0/s1. The first kappa shape index (κ1) is 21.1. The maximum atomic E-state index is 14.4. The van der Waals surface area contributed by atoms with Crippen LogP contribution in [0, 0.1) is 11.7 Å². The first-order valence-corrected chi connectivity index (χ1v) is 12.5. The van der Waals surface area contributed by atoms with Crippen LogP contribution in [0.1, 0.15) is 39.5 Å². The summed E-state index contributed by atoms with van der Waals surface area (Å²) in [5.74, 6) is -0.788. The normalized spacial score (nSPS) is 20.8. The highest BCUT2D eigenvalue weighted by molar-refractivity contribution is 7.92. The number of amides is 2. The molecular formula is C24H25FN2O4S.